The Morgan fingerprint density at radius 1 is 1.24 bits per heavy atom. The molecular weight excluding hydrogens is 311 g/mol. The molecule has 0 aliphatic heterocycles. The van der Waals surface area contributed by atoms with Crippen molar-refractivity contribution >= 4 is 15.8 Å². The van der Waals surface area contributed by atoms with E-state index in [-0.39, 0.29) is 5.56 Å². The molecule has 5 nitrogen and oxygen atoms in total. The smallest absolute Gasteiger partial charge is 0.362 e. The fourth-order valence-electron chi connectivity index (χ4n) is 1.25. The van der Waals surface area contributed by atoms with Gasteiger partial charge >= 0.3 is 16.3 Å². The van der Waals surface area contributed by atoms with Gasteiger partial charge in [-0.3, -0.25) is 4.28 Å². The second-order valence-electron chi connectivity index (χ2n) is 4.17. The number of hydrogen-bond donors (Lipinski definition) is 0. The van der Waals surface area contributed by atoms with Gasteiger partial charge in [-0.25, -0.2) is 0 Å². The molecule has 21 heavy (non-hydrogen) atoms. The predicted molar refractivity (Wildman–Crippen MR) is 70.2 cm³/mol. The van der Waals surface area contributed by atoms with Gasteiger partial charge in [-0.05, 0) is 13.8 Å². The van der Waals surface area contributed by atoms with Crippen LogP contribution < -0.4 is 0 Å². The van der Waals surface area contributed by atoms with Crippen molar-refractivity contribution in [2.45, 2.75) is 25.5 Å². The summed E-state index contributed by atoms with van der Waals surface area (Å²) in [5, 5.41) is 2.76. The van der Waals surface area contributed by atoms with Gasteiger partial charge < -0.3 is 4.74 Å². The van der Waals surface area contributed by atoms with Crippen molar-refractivity contribution in [1.82, 2.24) is 0 Å². The summed E-state index contributed by atoms with van der Waals surface area (Å²) in [5.74, 6) is 0. The first kappa shape index (κ1) is 17.4. The summed E-state index contributed by atoms with van der Waals surface area (Å²) in [4.78, 5) is 0. The molecule has 0 aliphatic rings. The number of aryl methyl sites for hydroxylation is 1. The lowest BCUT2D eigenvalue weighted by atomic mass is 10.1. The van der Waals surface area contributed by atoms with Gasteiger partial charge in [0, 0.05) is 12.7 Å². The fraction of sp³-hybridized carbons (Fsp3) is 0.417. The molecule has 1 rings (SSSR count). The third kappa shape index (κ3) is 4.71. The van der Waals surface area contributed by atoms with E-state index in [9.17, 15) is 21.6 Å². The van der Waals surface area contributed by atoms with E-state index in [1.807, 2.05) is 0 Å². The van der Waals surface area contributed by atoms with Crippen LogP contribution >= 0.6 is 0 Å². The molecule has 1 aromatic rings. The van der Waals surface area contributed by atoms with Crippen molar-refractivity contribution in [3.63, 3.8) is 0 Å². The quantitative estimate of drug-likeness (QED) is 0.616. The maximum Gasteiger partial charge on any atom is 0.437 e. The minimum absolute atomic E-state index is 0.298. The maximum atomic E-state index is 12.9. The summed E-state index contributed by atoms with van der Waals surface area (Å²) in [6, 6.07) is 5.25. The van der Waals surface area contributed by atoms with Crippen LogP contribution in [0.3, 0.4) is 0 Å². The Hall–Kier alpha value is -1.61. The van der Waals surface area contributed by atoms with Crippen molar-refractivity contribution in [3.05, 3.63) is 35.4 Å². The Morgan fingerprint density at radius 2 is 1.76 bits per heavy atom. The zero-order valence-corrected chi connectivity index (χ0v) is 12.3. The van der Waals surface area contributed by atoms with Crippen LogP contribution in [-0.4, -0.2) is 32.9 Å². The van der Waals surface area contributed by atoms with E-state index >= 15 is 0 Å². The average Bonchev–Trinajstić information content (AvgIpc) is 2.38. The van der Waals surface area contributed by atoms with Crippen LogP contribution in [0.1, 0.15) is 18.1 Å². The van der Waals surface area contributed by atoms with Gasteiger partial charge in [0.25, 0.3) is 0 Å². The molecule has 1 aromatic carbocycles. The number of hydrogen-bond acceptors (Lipinski definition) is 5. The van der Waals surface area contributed by atoms with E-state index < -0.39 is 27.4 Å². The Bertz CT molecular complexity index is 608. The summed E-state index contributed by atoms with van der Waals surface area (Å²) in [7, 11) is -3.31. The molecule has 118 valence electrons. The number of alkyl halides is 3. The molecule has 0 N–H and O–H groups in total. The molecule has 0 heterocycles. The first-order chi connectivity index (χ1) is 9.58. The van der Waals surface area contributed by atoms with Crippen molar-refractivity contribution in [1.29, 1.82) is 0 Å². The van der Waals surface area contributed by atoms with E-state index in [0.717, 1.165) is 19.6 Å². The van der Waals surface area contributed by atoms with Crippen LogP contribution in [0, 0.1) is 6.92 Å². The highest BCUT2D eigenvalue weighted by atomic mass is 32.2. The normalized spacial score (nSPS) is 14.9. The summed E-state index contributed by atoms with van der Waals surface area (Å²) < 4.78 is 70.3. The van der Waals surface area contributed by atoms with Crippen LogP contribution in [0.15, 0.2) is 29.4 Å². The number of rotatable bonds is 5. The van der Waals surface area contributed by atoms with E-state index in [2.05, 4.69) is 14.2 Å². The molecule has 0 aromatic heterocycles. The standard InChI is InChI=1S/C12H14F3NO4S/c1-8-4-6-10(7-5-8)11(12(13,14)15)16-20-21(17,18)9(2)19-3/h4-7,9H,1-3H3. The molecule has 0 saturated carbocycles. The molecule has 1 atom stereocenters. The van der Waals surface area contributed by atoms with Crippen LogP contribution in [0.5, 0.6) is 0 Å². The van der Waals surface area contributed by atoms with Gasteiger partial charge in [0.15, 0.2) is 11.1 Å². The molecule has 0 saturated heterocycles. The van der Waals surface area contributed by atoms with Crippen LogP contribution in [-0.2, 0) is 19.1 Å². The minimum atomic E-state index is -4.86. The summed E-state index contributed by atoms with van der Waals surface area (Å²) in [6.07, 6.45) is -4.86. The van der Waals surface area contributed by atoms with E-state index in [1.165, 1.54) is 24.3 Å². The molecule has 0 spiro atoms. The highest BCUT2D eigenvalue weighted by Gasteiger charge is 2.38. The SMILES string of the molecule is COC(C)S(=O)(=O)ON=C(c1ccc(C)cc1)C(F)(F)F. The molecular formula is C12H14F3NO4S. The Morgan fingerprint density at radius 3 is 2.19 bits per heavy atom. The van der Waals surface area contributed by atoms with Crippen molar-refractivity contribution < 1.29 is 30.6 Å². The lowest BCUT2D eigenvalue weighted by molar-refractivity contribution is -0.0597. The second kappa shape index (κ2) is 6.44. The molecule has 0 amide bonds. The zero-order valence-electron chi connectivity index (χ0n) is 11.5. The Labute approximate surface area is 120 Å². The van der Waals surface area contributed by atoms with E-state index in [1.54, 1.807) is 6.92 Å². The highest BCUT2D eigenvalue weighted by molar-refractivity contribution is 7.87. The van der Waals surface area contributed by atoms with Crippen LogP contribution in [0.4, 0.5) is 13.2 Å². The average molecular weight is 325 g/mol. The van der Waals surface area contributed by atoms with Crippen molar-refractivity contribution in [2.24, 2.45) is 5.16 Å². The number of halogens is 3. The van der Waals surface area contributed by atoms with Gasteiger partial charge in [0.1, 0.15) is 0 Å². The summed E-state index contributed by atoms with van der Waals surface area (Å²) >= 11 is 0. The number of ether oxygens (including phenoxy) is 1. The van der Waals surface area contributed by atoms with E-state index in [0.29, 0.717) is 0 Å². The minimum Gasteiger partial charge on any atom is -0.362 e. The monoisotopic (exact) mass is 325 g/mol. The number of nitrogens with zero attached hydrogens (tertiary/aromatic N) is 1. The molecule has 0 bridgehead atoms. The van der Waals surface area contributed by atoms with Crippen molar-refractivity contribution in [2.75, 3.05) is 7.11 Å². The number of benzene rings is 1. The van der Waals surface area contributed by atoms with Gasteiger partial charge in [-0.15, -0.1) is 0 Å². The molecule has 0 fully saturated rings. The van der Waals surface area contributed by atoms with Crippen LogP contribution in [0.25, 0.3) is 0 Å². The topological polar surface area (TPSA) is 65.0 Å². The van der Waals surface area contributed by atoms with Crippen molar-refractivity contribution in [3.8, 4) is 0 Å². The van der Waals surface area contributed by atoms with Crippen LogP contribution in [0.2, 0.25) is 0 Å². The number of oxime groups is 1. The highest BCUT2D eigenvalue weighted by Crippen LogP contribution is 2.23. The lowest BCUT2D eigenvalue weighted by Crippen LogP contribution is -2.26. The fourth-order valence-corrected chi connectivity index (χ4v) is 1.78. The Kier molecular flexibility index (Phi) is 5.35. The van der Waals surface area contributed by atoms with Gasteiger partial charge in [0.05, 0.1) is 0 Å². The maximum absolute atomic E-state index is 12.9. The third-order valence-corrected chi connectivity index (χ3v) is 3.85. The summed E-state index contributed by atoms with van der Waals surface area (Å²) in [6.45, 7) is 2.82. The first-order valence-electron chi connectivity index (χ1n) is 5.75. The number of methoxy groups -OCH3 is 1. The van der Waals surface area contributed by atoms with Gasteiger partial charge in [0.2, 0.25) is 0 Å². The van der Waals surface area contributed by atoms with E-state index in [4.69, 9.17) is 0 Å². The first-order valence-corrected chi connectivity index (χ1v) is 7.22. The molecule has 0 radical (unpaired) electrons. The largest absolute Gasteiger partial charge is 0.437 e. The lowest BCUT2D eigenvalue weighted by Gasteiger charge is -2.12. The zero-order chi connectivity index (χ0) is 16.3. The van der Waals surface area contributed by atoms with Gasteiger partial charge in [-0.1, -0.05) is 35.0 Å². The molecule has 0 aliphatic carbocycles. The summed E-state index contributed by atoms with van der Waals surface area (Å²) in [5.41, 5.74) is -2.42. The third-order valence-electron chi connectivity index (χ3n) is 2.56. The molecule has 9 heteroatoms. The second-order valence-corrected chi connectivity index (χ2v) is 5.97. The predicted octanol–water partition coefficient (Wildman–Crippen LogP) is 2.60. The van der Waals surface area contributed by atoms with Gasteiger partial charge in [-0.2, -0.15) is 21.6 Å². The Balaban J connectivity index is 3.16. The molecule has 1 unspecified atom stereocenters.